The van der Waals surface area contributed by atoms with E-state index in [4.69, 9.17) is 0 Å². The normalized spacial score (nSPS) is 21.7. The van der Waals surface area contributed by atoms with Crippen molar-refractivity contribution in [2.75, 3.05) is 26.0 Å². The molecular weight excluding hydrogens is 316 g/mol. The lowest BCUT2D eigenvalue weighted by Crippen LogP contribution is -2.40. The molecule has 1 fully saturated rings. The van der Waals surface area contributed by atoms with Crippen LogP contribution >= 0.6 is 11.3 Å². The van der Waals surface area contributed by atoms with E-state index < -0.39 is 0 Å². The molecule has 2 heterocycles. The van der Waals surface area contributed by atoms with Crippen LogP contribution in [0.5, 0.6) is 0 Å². The number of aromatic nitrogens is 2. The van der Waals surface area contributed by atoms with Crippen molar-refractivity contribution in [1.82, 2.24) is 14.9 Å². The first kappa shape index (κ1) is 15.8. The molecule has 4 rings (SSSR count). The molecular formula is C19H24N4S. The predicted molar refractivity (Wildman–Crippen MR) is 103 cm³/mol. The summed E-state index contributed by atoms with van der Waals surface area (Å²) in [5.41, 5.74) is 0. The Kier molecular flexibility index (Phi) is 4.14. The van der Waals surface area contributed by atoms with Crippen molar-refractivity contribution in [3.63, 3.8) is 0 Å². The first-order valence-corrected chi connectivity index (χ1v) is 9.48. The fourth-order valence-electron chi connectivity index (χ4n) is 3.94. The van der Waals surface area contributed by atoms with Crippen LogP contribution in [0.3, 0.4) is 0 Å². The number of fused-ring (bicyclic) bond motifs is 3. The molecule has 0 N–H and O–H groups in total. The van der Waals surface area contributed by atoms with Crippen molar-refractivity contribution in [2.45, 2.75) is 37.8 Å². The van der Waals surface area contributed by atoms with E-state index in [0.29, 0.717) is 6.04 Å². The molecule has 0 radical (unpaired) electrons. The van der Waals surface area contributed by atoms with Gasteiger partial charge in [-0.15, -0.1) is 11.3 Å². The average molecular weight is 340 g/mol. The lowest BCUT2D eigenvalue weighted by molar-refractivity contribution is 0.215. The van der Waals surface area contributed by atoms with Gasteiger partial charge in [-0.2, -0.15) is 0 Å². The predicted octanol–water partition coefficient (Wildman–Crippen LogP) is 4.15. The number of benzene rings is 1. The third-order valence-electron chi connectivity index (χ3n) is 5.43. The molecule has 0 unspecified atom stereocenters. The Bertz CT molecular complexity index is 849. The monoisotopic (exact) mass is 340 g/mol. The maximum absolute atomic E-state index is 4.67. The van der Waals surface area contributed by atoms with E-state index in [2.05, 4.69) is 65.2 Å². The number of hydrogen-bond donors (Lipinski definition) is 0. The summed E-state index contributed by atoms with van der Waals surface area (Å²) in [4.78, 5) is 15.0. The Morgan fingerprint density at radius 1 is 0.958 bits per heavy atom. The summed E-state index contributed by atoms with van der Waals surface area (Å²) in [6, 6.07) is 9.86. The smallest absolute Gasteiger partial charge is 0.141 e. The summed E-state index contributed by atoms with van der Waals surface area (Å²) in [5, 5.41) is 2.50. The summed E-state index contributed by atoms with van der Waals surface area (Å²) in [6.45, 7) is 0. The number of rotatable bonds is 3. The van der Waals surface area contributed by atoms with Crippen LogP contribution < -0.4 is 4.90 Å². The third-order valence-corrected chi connectivity index (χ3v) is 6.51. The standard InChI is InChI=1S/C19H24N4S/c1-22(2)13-8-10-14(11-9-13)23(3)18-17-15-6-4-5-7-16(15)24-19(17)21-12-20-18/h4-7,12-14H,8-11H2,1-3H3. The van der Waals surface area contributed by atoms with Gasteiger partial charge in [-0.1, -0.05) is 18.2 Å². The van der Waals surface area contributed by atoms with Crippen molar-refractivity contribution >= 4 is 37.5 Å². The zero-order valence-corrected chi connectivity index (χ0v) is 15.4. The van der Waals surface area contributed by atoms with Crippen molar-refractivity contribution in [3.8, 4) is 0 Å². The highest BCUT2D eigenvalue weighted by Crippen LogP contribution is 2.38. The Balaban J connectivity index is 1.69. The van der Waals surface area contributed by atoms with Gasteiger partial charge in [-0.05, 0) is 45.8 Å². The molecule has 0 spiro atoms. The molecule has 24 heavy (non-hydrogen) atoms. The molecule has 0 aliphatic heterocycles. The zero-order valence-electron chi connectivity index (χ0n) is 14.6. The molecule has 0 amide bonds. The van der Waals surface area contributed by atoms with E-state index in [1.807, 2.05) is 0 Å². The van der Waals surface area contributed by atoms with Crippen LogP contribution in [0, 0.1) is 0 Å². The molecule has 1 aliphatic rings. The highest BCUT2D eigenvalue weighted by Gasteiger charge is 2.27. The van der Waals surface area contributed by atoms with Crippen LogP contribution in [0.2, 0.25) is 0 Å². The summed E-state index contributed by atoms with van der Waals surface area (Å²) < 4.78 is 1.29. The van der Waals surface area contributed by atoms with Crippen LogP contribution in [0.1, 0.15) is 25.7 Å². The van der Waals surface area contributed by atoms with Gasteiger partial charge in [0.2, 0.25) is 0 Å². The summed E-state index contributed by atoms with van der Waals surface area (Å²) >= 11 is 1.76. The maximum Gasteiger partial charge on any atom is 0.141 e. The molecule has 0 bridgehead atoms. The second-order valence-electron chi connectivity index (χ2n) is 7.01. The minimum absolute atomic E-state index is 0.568. The van der Waals surface area contributed by atoms with Crippen molar-refractivity contribution < 1.29 is 0 Å². The average Bonchev–Trinajstić information content (AvgIpc) is 3.00. The molecule has 2 aromatic heterocycles. The van der Waals surface area contributed by atoms with Gasteiger partial charge in [0.05, 0.1) is 5.39 Å². The van der Waals surface area contributed by atoms with Crippen LogP contribution in [0.15, 0.2) is 30.6 Å². The van der Waals surface area contributed by atoms with Crippen LogP contribution in [-0.4, -0.2) is 48.1 Å². The quantitative estimate of drug-likeness (QED) is 0.717. The Morgan fingerprint density at radius 3 is 2.42 bits per heavy atom. The topological polar surface area (TPSA) is 32.3 Å². The SMILES string of the molecule is CN(C)C1CCC(N(C)c2ncnc3sc4ccccc4c23)CC1. The van der Waals surface area contributed by atoms with Gasteiger partial charge in [0, 0.05) is 29.2 Å². The summed E-state index contributed by atoms with van der Waals surface area (Å²) in [6.07, 6.45) is 6.70. The zero-order chi connectivity index (χ0) is 16.7. The number of nitrogens with zero attached hydrogens (tertiary/aromatic N) is 4. The van der Waals surface area contributed by atoms with E-state index in [-0.39, 0.29) is 0 Å². The van der Waals surface area contributed by atoms with Gasteiger partial charge in [0.15, 0.2) is 0 Å². The van der Waals surface area contributed by atoms with Crippen LogP contribution in [0.4, 0.5) is 5.82 Å². The van der Waals surface area contributed by atoms with Crippen LogP contribution in [0.25, 0.3) is 20.3 Å². The fraction of sp³-hybridized carbons (Fsp3) is 0.474. The molecule has 0 atom stereocenters. The van der Waals surface area contributed by atoms with Gasteiger partial charge in [0.1, 0.15) is 17.0 Å². The molecule has 0 saturated heterocycles. The van der Waals surface area contributed by atoms with E-state index in [1.165, 1.54) is 41.2 Å². The van der Waals surface area contributed by atoms with E-state index >= 15 is 0 Å². The second kappa shape index (κ2) is 6.30. The van der Waals surface area contributed by atoms with E-state index in [1.54, 1.807) is 17.7 Å². The van der Waals surface area contributed by atoms with Gasteiger partial charge >= 0.3 is 0 Å². The number of anilines is 1. The maximum atomic E-state index is 4.67. The lowest BCUT2D eigenvalue weighted by Gasteiger charge is -2.37. The van der Waals surface area contributed by atoms with Crippen molar-refractivity contribution in [2.24, 2.45) is 0 Å². The van der Waals surface area contributed by atoms with Crippen molar-refractivity contribution in [3.05, 3.63) is 30.6 Å². The van der Waals surface area contributed by atoms with Gasteiger partial charge in [-0.3, -0.25) is 0 Å². The van der Waals surface area contributed by atoms with Gasteiger partial charge in [-0.25, -0.2) is 9.97 Å². The summed E-state index contributed by atoms with van der Waals surface area (Å²) in [5.74, 6) is 1.09. The Labute approximate surface area is 147 Å². The molecule has 1 aliphatic carbocycles. The highest BCUT2D eigenvalue weighted by atomic mass is 32.1. The minimum Gasteiger partial charge on any atom is -0.356 e. The molecule has 1 saturated carbocycles. The first-order chi connectivity index (χ1) is 11.6. The van der Waals surface area contributed by atoms with E-state index in [0.717, 1.165) is 16.7 Å². The van der Waals surface area contributed by atoms with Gasteiger partial charge in [0.25, 0.3) is 0 Å². The highest BCUT2D eigenvalue weighted by molar-refractivity contribution is 7.25. The molecule has 5 heteroatoms. The molecule has 4 nitrogen and oxygen atoms in total. The Morgan fingerprint density at radius 2 is 1.67 bits per heavy atom. The van der Waals surface area contributed by atoms with Gasteiger partial charge < -0.3 is 9.80 Å². The summed E-state index contributed by atoms with van der Waals surface area (Å²) in [7, 11) is 6.59. The van der Waals surface area contributed by atoms with Crippen molar-refractivity contribution in [1.29, 1.82) is 0 Å². The molecule has 126 valence electrons. The number of hydrogen-bond acceptors (Lipinski definition) is 5. The lowest BCUT2D eigenvalue weighted by atomic mass is 9.89. The molecule has 1 aromatic carbocycles. The largest absolute Gasteiger partial charge is 0.356 e. The van der Waals surface area contributed by atoms with Crippen LogP contribution in [-0.2, 0) is 0 Å². The third kappa shape index (κ3) is 2.66. The first-order valence-electron chi connectivity index (χ1n) is 8.66. The number of thiophene rings is 1. The van der Waals surface area contributed by atoms with E-state index in [9.17, 15) is 0 Å². The minimum atomic E-state index is 0.568. The Hall–Kier alpha value is -1.72. The second-order valence-corrected chi connectivity index (χ2v) is 8.04. The molecule has 3 aromatic rings. The fourth-order valence-corrected chi connectivity index (χ4v) is 4.98.